The Hall–Kier alpha value is -2.21. The second-order valence-electron chi connectivity index (χ2n) is 9.27. The highest BCUT2D eigenvalue weighted by Gasteiger charge is 2.57. The van der Waals surface area contributed by atoms with Crippen molar-refractivity contribution >= 4 is 17.7 Å². The van der Waals surface area contributed by atoms with Crippen LogP contribution in [0.3, 0.4) is 0 Å². The molecule has 0 amide bonds. The largest absolute Gasteiger partial charge is 0.463 e. The molecule has 0 bridgehead atoms. The molecule has 0 spiro atoms. The molecule has 166 valence electrons. The third-order valence-corrected chi connectivity index (χ3v) is 5.47. The van der Waals surface area contributed by atoms with E-state index in [0.29, 0.717) is 11.5 Å². The Morgan fingerprint density at radius 2 is 1.47 bits per heavy atom. The van der Waals surface area contributed by atoms with Crippen LogP contribution in [-0.2, 0) is 23.9 Å². The van der Waals surface area contributed by atoms with Gasteiger partial charge in [-0.05, 0) is 51.7 Å². The minimum Gasteiger partial charge on any atom is -0.463 e. The molecule has 1 fully saturated rings. The molecule has 1 aliphatic rings. The topological polar surface area (TPSA) is 89.9 Å². The van der Waals surface area contributed by atoms with Crippen molar-refractivity contribution in [2.45, 2.75) is 84.5 Å². The van der Waals surface area contributed by atoms with Gasteiger partial charge in [0.1, 0.15) is 5.92 Å². The van der Waals surface area contributed by atoms with Gasteiger partial charge >= 0.3 is 11.9 Å². The van der Waals surface area contributed by atoms with Crippen LogP contribution in [0.2, 0.25) is 0 Å². The fourth-order valence-electron chi connectivity index (χ4n) is 4.13. The predicted octanol–water partition coefficient (Wildman–Crippen LogP) is 3.75. The van der Waals surface area contributed by atoms with Crippen molar-refractivity contribution in [1.82, 2.24) is 0 Å². The molecular formula is C24H34O6. The fourth-order valence-corrected chi connectivity index (χ4v) is 4.13. The van der Waals surface area contributed by atoms with Crippen LogP contribution < -0.4 is 0 Å². The molecule has 1 saturated carbocycles. The number of rotatable bonds is 6. The van der Waals surface area contributed by atoms with Crippen LogP contribution in [0, 0.1) is 11.8 Å². The summed E-state index contributed by atoms with van der Waals surface area (Å²) in [6, 6.07) is 7.48. The van der Waals surface area contributed by atoms with Gasteiger partial charge in [-0.15, -0.1) is 0 Å². The maximum Gasteiger partial charge on any atom is 0.317 e. The molecule has 0 radical (unpaired) electrons. The Morgan fingerprint density at radius 3 is 1.93 bits per heavy atom. The van der Waals surface area contributed by atoms with Crippen LogP contribution >= 0.6 is 0 Å². The zero-order chi connectivity index (χ0) is 22.8. The quantitative estimate of drug-likeness (QED) is 0.559. The van der Waals surface area contributed by atoms with Crippen LogP contribution in [0.1, 0.15) is 77.8 Å². The zero-order valence-electron chi connectivity index (χ0n) is 19.0. The smallest absolute Gasteiger partial charge is 0.317 e. The van der Waals surface area contributed by atoms with Crippen molar-refractivity contribution in [3.63, 3.8) is 0 Å². The third-order valence-electron chi connectivity index (χ3n) is 5.47. The first-order valence-corrected chi connectivity index (χ1v) is 10.6. The molecule has 0 saturated heterocycles. The van der Waals surface area contributed by atoms with Crippen LogP contribution in [0.4, 0.5) is 0 Å². The number of carbonyl (C=O) groups is 3. The van der Waals surface area contributed by atoms with Crippen molar-refractivity contribution in [1.29, 1.82) is 0 Å². The number of Topliss-reactive ketones (excluding diaryl/α,β-unsaturated/α-hetero) is 1. The summed E-state index contributed by atoms with van der Waals surface area (Å²) < 4.78 is 10.8. The van der Waals surface area contributed by atoms with Gasteiger partial charge in [0.15, 0.2) is 5.78 Å². The molecule has 6 heteroatoms. The van der Waals surface area contributed by atoms with Gasteiger partial charge in [-0.25, -0.2) is 0 Å². The SMILES string of the molecule is CC(C)OC(=O)[C@@H]1C(=O)C[C@](C)(O)[C@@H](C(=O)OC(C)C)[C@@H]1c1ccc(C(C)C)cc1. The van der Waals surface area contributed by atoms with E-state index in [1.165, 1.54) is 6.92 Å². The number of benzene rings is 1. The minimum absolute atomic E-state index is 0.304. The summed E-state index contributed by atoms with van der Waals surface area (Å²) >= 11 is 0. The maximum atomic E-state index is 13.0. The first-order valence-electron chi connectivity index (χ1n) is 10.6. The summed E-state index contributed by atoms with van der Waals surface area (Å²) in [6.07, 6.45) is -1.11. The number of esters is 2. The lowest BCUT2D eigenvalue weighted by Crippen LogP contribution is -2.55. The van der Waals surface area contributed by atoms with Gasteiger partial charge in [-0.3, -0.25) is 14.4 Å². The lowest BCUT2D eigenvalue weighted by atomic mass is 9.61. The highest BCUT2D eigenvalue weighted by Crippen LogP contribution is 2.47. The average molecular weight is 419 g/mol. The molecule has 0 aromatic heterocycles. The molecule has 30 heavy (non-hydrogen) atoms. The van der Waals surface area contributed by atoms with E-state index in [9.17, 15) is 19.5 Å². The van der Waals surface area contributed by atoms with Gasteiger partial charge in [0.2, 0.25) is 0 Å². The lowest BCUT2D eigenvalue weighted by molar-refractivity contribution is -0.176. The second kappa shape index (κ2) is 9.29. The normalized spacial score (nSPS) is 26.9. The van der Waals surface area contributed by atoms with Gasteiger partial charge in [0, 0.05) is 12.3 Å². The molecule has 2 rings (SSSR count). The van der Waals surface area contributed by atoms with Gasteiger partial charge in [-0.1, -0.05) is 38.1 Å². The summed E-state index contributed by atoms with van der Waals surface area (Å²) in [4.78, 5) is 38.9. The summed E-state index contributed by atoms with van der Waals surface area (Å²) in [5.41, 5.74) is 0.0818. The standard InChI is InChI=1S/C24H34O6/c1-13(2)16-8-10-17(11-9-16)19-20(22(26)29-14(3)4)18(25)12-24(7,28)21(19)23(27)30-15(5)6/h8-11,13-15,19-21,28H,12H2,1-7H3/t19-,20-,21-,24+/m1/s1. The van der Waals surface area contributed by atoms with Gasteiger partial charge in [-0.2, -0.15) is 0 Å². The molecule has 6 nitrogen and oxygen atoms in total. The Balaban J connectivity index is 2.61. The Kier molecular flexibility index (Phi) is 7.45. The Labute approximate surface area is 179 Å². The zero-order valence-corrected chi connectivity index (χ0v) is 19.0. The van der Waals surface area contributed by atoms with E-state index < -0.39 is 53.3 Å². The van der Waals surface area contributed by atoms with Crippen molar-refractivity contribution in [2.24, 2.45) is 11.8 Å². The first kappa shape index (κ1) is 24.1. The summed E-state index contributed by atoms with van der Waals surface area (Å²) in [5.74, 6) is -4.56. The Bertz CT molecular complexity index is 767. The molecule has 1 aliphatic carbocycles. The number of ether oxygens (including phenoxy) is 2. The number of ketones is 1. The third kappa shape index (κ3) is 5.28. The van der Waals surface area contributed by atoms with Crippen LogP contribution in [-0.4, -0.2) is 40.6 Å². The number of carbonyl (C=O) groups excluding carboxylic acids is 3. The highest BCUT2D eigenvalue weighted by atomic mass is 16.5. The molecule has 4 atom stereocenters. The van der Waals surface area contributed by atoms with E-state index in [1.54, 1.807) is 27.7 Å². The molecule has 1 aromatic carbocycles. The molecule has 0 heterocycles. The van der Waals surface area contributed by atoms with E-state index in [0.717, 1.165) is 5.56 Å². The van der Waals surface area contributed by atoms with Crippen molar-refractivity contribution < 1.29 is 29.0 Å². The number of hydrogen-bond acceptors (Lipinski definition) is 6. The molecule has 0 unspecified atom stereocenters. The number of aliphatic hydroxyl groups is 1. The van der Waals surface area contributed by atoms with E-state index in [4.69, 9.17) is 9.47 Å². The molecular weight excluding hydrogens is 384 g/mol. The average Bonchev–Trinajstić information content (AvgIpc) is 2.58. The second-order valence-corrected chi connectivity index (χ2v) is 9.27. The molecule has 0 aliphatic heterocycles. The van der Waals surface area contributed by atoms with Crippen molar-refractivity contribution in [3.8, 4) is 0 Å². The van der Waals surface area contributed by atoms with Gasteiger partial charge in [0.25, 0.3) is 0 Å². The molecule has 1 N–H and O–H groups in total. The highest BCUT2D eigenvalue weighted by molar-refractivity contribution is 6.02. The monoisotopic (exact) mass is 418 g/mol. The van der Waals surface area contributed by atoms with Crippen LogP contribution in [0.5, 0.6) is 0 Å². The Morgan fingerprint density at radius 1 is 0.967 bits per heavy atom. The number of hydrogen-bond donors (Lipinski definition) is 1. The molecule has 1 aromatic rings. The van der Waals surface area contributed by atoms with Crippen molar-refractivity contribution in [2.75, 3.05) is 0 Å². The summed E-state index contributed by atoms with van der Waals surface area (Å²) in [6.45, 7) is 12.4. The predicted molar refractivity (Wildman–Crippen MR) is 113 cm³/mol. The van der Waals surface area contributed by atoms with E-state index >= 15 is 0 Å². The first-order chi connectivity index (χ1) is 13.8. The van der Waals surface area contributed by atoms with Gasteiger partial charge < -0.3 is 14.6 Å². The van der Waals surface area contributed by atoms with E-state index in [-0.39, 0.29) is 6.42 Å². The van der Waals surface area contributed by atoms with E-state index in [1.807, 2.05) is 24.3 Å². The van der Waals surface area contributed by atoms with E-state index in [2.05, 4.69) is 13.8 Å². The lowest BCUT2D eigenvalue weighted by Gasteiger charge is -2.44. The maximum absolute atomic E-state index is 13.0. The van der Waals surface area contributed by atoms with Crippen LogP contribution in [0.15, 0.2) is 24.3 Å². The van der Waals surface area contributed by atoms with Crippen molar-refractivity contribution in [3.05, 3.63) is 35.4 Å². The minimum atomic E-state index is -1.64. The summed E-state index contributed by atoms with van der Waals surface area (Å²) in [7, 11) is 0. The summed E-state index contributed by atoms with van der Waals surface area (Å²) in [5, 5.41) is 11.1. The fraction of sp³-hybridized carbons (Fsp3) is 0.625. The van der Waals surface area contributed by atoms with Crippen LogP contribution in [0.25, 0.3) is 0 Å². The van der Waals surface area contributed by atoms with Gasteiger partial charge in [0.05, 0.1) is 23.7 Å².